The number of carbonyl (C=O) groups excluding carboxylic acids is 2. The van der Waals surface area contributed by atoms with Crippen molar-refractivity contribution in [1.82, 2.24) is 10.2 Å². The Morgan fingerprint density at radius 2 is 2.32 bits per heavy atom. The number of rotatable bonds is 4. The molecule has 3 N–H and O–H groups in total. The van der Waals surface area contributed by atoms with Crippen molar-refractivity contribution in [2.75, 3.05) is 32.0 Å². The van der Waals surface area contributed by atoms with Crippen molar-refractivity contribution >= 4 is 29.3 Å². The number of hydrogen-bond donors (Lipinski definition) is 2. The van der Waals surface area contributed by atoms with E-state index in [1.165, 1.54) is 6.07 Å². The van der Waals surface area contributed by atoms with Crippen LogP contribution in [0.25, 0.3) is 0 Å². The second-order valence-electron chi connectivity index (χ2n) is 4.09. The van der Waals surface area contributed by atoms with Gasteiger partial charge in [0.15, 0.2) is 0 Å². The lowest BCUT2D eigenvalue weighted by atomic mass is 10.2. The molecule has 0 atom stereocenters. The molecule has 1 fully saturated rings. The number of benzene rings is 1. The van der Waals surface area contributed by atoms with Gasteiger partial charge in [-0.3, -0.25) is 0 Å². The highest BCUT2D eigenvalue weighted by Gasteiger charge is 2.19. The molecule has 1 aliphatic rings. The highest BCUT2D eigenvalue weighted by atomic mass is 35.5. The molecule has 19 heavy (non-hydrogen) atoms. The standard InChI is InChI=1S/C12H14ClN3O3/c13-10-2-1-8(14)7-9(10)11(17)19-6-5-16-4-3-15-12(16)18/h1-2,7H,3-6,14H2,(H,15,18). The molecule has 1 aromatic rings. The van der Waals surface area contributed by atoms with Crippen molar-refractivity contribution in [2.45, 2.75) is 0 Å². The molecule has 1 heterocycles. The van der Waals surface area contributed by atoms with Crippen molar-refractivity contribution in [3.05, 3.63) is 28.8 Å². The SMILES string of the molecule is Nc1ccc(Cl)c(C(=O)OCCN2CCNC2=O)c1. The van der Waals surface area contributed by atoms with Gasteiger partial charge < -0.3 is 20.7 Å². The molecule has 0 aliphatic carbocycles. The van der Waals surface area contributed by atoms with Crippen molar-refractivity contribution in [1.29, 1.82) is 0 Å². The summed E-state index contributed by atoms with van der Waals surface area (Å²) in [5.74, 6) is -0.545. The van der Waals surface area contributed by atoms with Crippen LogP contribution in [0.2, 0.25) is 5.02 Å². The maximum atomic E-state index is 11.8. The van der Waals surface area contributed by atoms with Crippen molar-refractivity contribution in [3.63, 3.8) is 0 Å². The normalized spacial score (nSPS) is 14.4. The van der Waals surface area contributed by atoms with E-state index in [2.05, 4.69) is 5.32 Å². The van der Waals surface area contributed by atoms with Gasteiger partial charge in [0.05, 0.1) is 17.1 Å². The number of nitrogens with zero attached hydrogens (tertiary/aromatic N) is 1. The maximum Gasteiger partial charge on any atom is 0.339 e. The summed E-state index contributed by atoms with van der Waals surface area (Å²) in [6.45, 7) is 1.72. The lowest BCUT2D eigenvalue weighted by molar-refractivity contribution is 0.0482. The van der Waals surface area contributed by atoms with Gasteiger partial charge >= 0.3 is 12.0 Å². The number of urea groups is 1. The molecule has 7 heteroatoms. The third-order valence-corrected chi connectivity index (χ3v) is 3.08. The van der Waals surface area contributed by atoms with Crippen molar-refractivity contribution in [2.24, 2.45) is 0 Å². The fraction of sp³-hybridized carbons (Fsp3) is 0.333. The van der Waals surface area contributed by atoms with Gasteiger partial charge in [-0.2, -0.15) is 0 Å². The van der Waals surface area contributed by atoms with E-state index in [9.17, 15) is 9.59 Å². The van der Waals surface area contributed by atoms with Gasteiger partial charge in [-0.05, 0) is 18.2 Å². The molecule has 1 aromatic carbocycles. The van der Waals surface area contributed by atoms with Gasteiger partial charge in [0, 0.05) is 18.8 Å². The first kappa shape index (κ1) is 13.5. The molecule has 102 valence electrons. The lowest BCUT2D eigenvalue weighted by Crippen LogP contribution is -2.31. The fourth-order valence-electron chi connectivity index (χ4n) is 1.75. The second-order valence-corrected chi connectivity index (χ2v) is 4.50. The topological polar surface area (TPSA) is 84.7 Å². The summed E-state index contributed by atoms with van der Waals surface area (Å²) in [5, 5.41) is 2.95. The number of nitrogens with one attached hydrogen (secondary N) is 1. The lowest BCUT2D eigenvalue weighted by Gasteiger charge is -2.14. The number of ether oxygens (including phenoxy) is 1. The third-order valence-electron chi connectivity index (χ3n) is 2.75. The molecule has 2 rings (SSSR count). The van der Waals surface area contributed by atoms with Gasteiger partial charge in [0.2, 0.25) is 0 Å². The quantitative estimate of drug-likeness (QED) is 0.640. The predicted octanol–water partition coefficient (Wildman–Crippen LogP) is 1.10. The number of esters is 1. The van der Waals surface area contributed by atoms with Crippen LogP contribution in [0.3, 0.4) is 0 Å². The third kappa shape index (κ3) is 3.29. The summed E-state index contributed by atoms with van der Waals surface area (Å²) >= 11 is 5.89. The number of anilines is 1. The molecular weight excluding hydrogens is 270 g/mol. The number of halogens is 1. The molecule has 0 radical (unpaired) electrons. The van der Waals surface area contributed by atoms with Gasteiger partial charge in [-0.15, -0.1) is 0 Å². The Balaban J connectivity index is 1.87. The smallest absolute Gasteiger partial charge is 0.339 e. The van der Waals surface area contributed by atoms with E-state index in [1.54, 1.807) is 17.0 Å². The Morgan fingerprint density at radius 1 is 1.53 bits per heavy atom. The van der Waals surface area contributed by atoms with E-state index in [0.29, 0.717) is 25.3 Å². The van der Waals surface area contributed by atoms with Crippen LogP contribution >= 0.6 is 11.6 Å². The molecule has 1 saturated heterocycles. The van der Waals surface area contributed by atoms with Crippen molar-refractivity contribution < 1.29 is 14.3 Å². The number of amides is 2. The Morgan fingerprint density at radius 3 is 3.00 bits per heavy atom. The average molecular weight is 284 g/mol. The predicted molar refractivity (Wildman–Crippen MR) is 71.1 cm³/mol. The maximum absolute atomic E-state index is 11.8. The highest BCUT2D eigenvalue weighted by molar-refractivity contribution is 6.33. The average Bonchev–Trinajstić information content (AvgIpc) is 2.78. The van der Waals surface area contributed by atoms with E-state index in [-0.39, 0.29) is 23.2 Å². The van der Waals surface area contributed by atoms with Crippen LogP contribution in [0.5, 0.6) is 0 Å². The van der Waals surface area contributed by atoms with Crippen LogP contribution < -0.4 is 11.1 Å². The summed E-state index contributed by atoms with van der Waals surface area (Å²) in [7, 11) is 0. The first-order valence-corrected chi connectivity index (χ1v) is 6.20. The molecule has 0 spiro atoms. The fourth-order valence-corrected chi connectivity index (χ4v) is 1.94. The summed E-state index contributed by atoms with van der Waals surface area (Å²) in [5.41, 5.74) is 6.25. The summed E-state index contributed by atoms with van der Waals surface area (Å²) in [6, 6.07) is 4.47. The zero-order chi connectivity index (χ0) is 13.8. The molecular formula is C12H14ClN3O3. The number of nitrogen functional groups attached to an aromatic ring is 1. The largest absolute Gasteiger partial charge is 0.460 e. The zero-order valence-electron chi connectivity index (χ0n) is 10.2. The molecule has 1 aliphatic heterocycles. The first-order chi connectivity index (χ1) is 9.08. The molecule has 0 bridgehead atoms. The van der Waals surface area contributed by atoms with E-state index in [1.807, 2.05) is 0 Å². The molecule has 0 aromatic heterocycles. The van der Waals surface area contributed by atoms with Gasteiger partial charge in [-0.1, -0.05) is 11.6 Å². The number of nitrogens with two attached hydrogens (primary N) is 1. The Kier molecular flexibility index (Phi) is 4.11. The minimum absolute atomic E-state index is 0.122. The summed E-state index contributed by atoms with van der Waals surface area (Å²) < 4.78 is 5.07. The van der Waals surface area contributed by atoms with Gasteiger partial charge in [0.1, 0.15) is 6.61 Å². The highest BCUT2D eigenvalue weighted by Crippen LogP contribution is 2.19. The van der Waals surface area contributed by atoms with E-state index in [0.717, 1.165) is 0 Å². The van der Waals surface area contributed by atoms with Crippen LogP contribution in [0.1, 0.15) is 10.4 Å². The van der Waals surface area contributed by atoms with Crippen LogP contribution in [0.15, 0.2) is 18.2 Å². The molecule has 6 nitrogen and oxygen atoms in total. The number of carbonyl (C=O) groups is 2. The zero-order valence-corrected chi connectivity index (χ0v) is 10.9. The summed E-state index contributed by atoms with van der Waals surface area (Å²) in [4.78, 5) is 24.6. The first-order valence-electron chi connectivity index (χ1n) is 5.83. The minimum Gasteiger partial charge on any atom is -0.460 e. The van der Waals surface area contributed by atoms with Crippen molar-refractivity contribution in [3.8, 4) is 0 Å². The van der Waals surface area contributed by atoms with E-state index in [4.69, 9.17) is 22.1 Å². The minimum atomic E-state index is -0.545. The Labute approximate surface area is 115 Å². The monoisotopic (exact) mass is 283 g/mol. The van der Waals surface area contributed by atoms with E-state index < -0.39 is 5.97 Å². The number of hydrogen-bond acceptors (Lipinski definition) is 4. The Bertz CT molecular complexity index is 507. The molecule has 0 unspecified atom stereocenters. The van der Waals surface area contributed by atoms with Crippen LogP contribution in [0, 0.1) is 0 Å². The van der Waals surface area contributed by atoms with Gasteiger partial charge in [-0.25, -0.2) is 9.59 Å². The molecule has 0 saturated carbocycles. The molecule has 2 amide bonds. The summed E-state index contributed by atoms with van der Waals surface area (Å²) in [6.07, 6.45) is 0. The van der Waals surface area contributed by atoms with Crippen LogP contribution in [-0.2, 0) is 4.74 Å². The second kappa shape index (κ2) is 5.79. The van der Waals surface area contributed by atoms with Crippen LogP contribution in [0.4, 0.5) is 10.5 Å². The van der Waals surface area contributed by atoms with E-state index >= 15 is 0 Å². The van der Waals surface area contributed by atoms with Crippen LogP contribution in [-0.4, -0.2) is 43.1 Å². The Hall–Kier alpha value is -1.95. The van der Waals surface area contributed by atoms with Gasteiger partial charge in [0.25, 0.3) is 0 Å².